The molecule has 2 aromatic rings. The van der Waals surface area contributed by atoms with E-state index in [1.165, 1.54) is 17.7 Å². The van der Waals surface area contributed by atoms with Crippen LogP contribution in [0.3, 0.4) is 0 Å². The monoisotopic (exact) mass is 333 g/mol. The number of benzene rings is 2. The number of phenolic OH excluding ortho intramolecular Hbond substituents is 2. The van der Waals surface area contributed by atoms with Gasteiger partial charge in [-0.2, -0.15) is 0 Å². The summed E-state index contributed by atoms with van der Waals surface area (Å²) in [4.78, 5) is 0. The van der Waals surface area contributed by atoms with Crippen LogP contribution in [0.1, 0.15) is 5.56 Å². The van der Waals surface area contributed by atoms with Crippen LogP contribution in [0, 0.1) is 0 Å². The summed E-state index contributed by atoms with van der Waals surface area (Å²) in [7, 11) is 1.64. The zero-order valence-electron chi connectivity index (χ0n) is 13.6. The Labute approximate surface area is 141 Å². The molecule has 0 fully saturated rings. The molecule has 0 aliphatic carbocycles. The fourth-order valence-corrected chi connectivity index (χ4v) is 2.17. The molecule has 0 saturated carbocycles. The maximum absolute atomic E-state index is 9.89. The Balaban J connectivity index is 1.65. The van der Waals surface area contributed by atoms with Gasteiger partial charge in [0.25, 0.3) is 0 Å². The third-order valence-corrected chi connectivity index (χ3v) is 3.54. The SMILES string of the molecule is COc1ccc(CCNC[C@H](O)COc2cccc(O)c2O)cc1. The smallest absolute Gasteiger partial charge is 0.200 e. The molecule has 0 aromatic heterocycles. The number of aliphatic hydroxyl groups is 1. The lowest BCUT2D eigenvalue weighted by Gasteiger charge is -2.14. The van der Waals surface area contributed by atoms with Gasteiger partial charge in [-0.1, -0.05) is 18.2 Å². The summed E-state index contributed by atoms with van der Waals surface area (Å²) in [5.41, 5.74) is 1.18. The van der Waals surface area contributed by atoms with Gasteiger partial charge in [-0.15, -0.1) is 0 Å². The molecule has 0 amide bonds. The molecule has 2 aromatic carbocycles. The number of para-hydroxylation sites is 1. The van der Waals surface area contributed by atoms with Gasteiger partial charge in [-0.05, 0) is 42.8 Å². The summed E-state index contributed by atoms with van der Waals surface area (Å²) < 4.78 is 10.4. The predicted octanol–water partition coefficient (Wildman–Crippen LogP) is 1.68. The normalized spacial score (nSPS) is 11.9. The Morgan fingerprint density at radius 1 is 1.08 bits per heavy atom. The summed E-state index contributed by atoms with van der Waals surface area (Å²) in [5.74, 6) is 0.401. The topological polar surface area (TPSA) is 91.2 Å². The van der Waals surface area contributed by atoms with Crippen LogP contribution >= 0.6 is 0 Å². The molecular weight excluding hydrogens is 310 g/mol. The molecule has 0 aliphatic rings. The van der Waals surface area contributed by atoms with Gasteiger partial charge in [0.2, 0.25) is 5.75 Å². The molecule has 130 valence electrons. The predicted molar refractivity (Wildman–Crippen MR) is 90.8 cm³/mol. The van der Waals surface area contributed by atoms with Crippen molar-refractivity contribution in [3.05, 3.63) is 48.0 Å². The van der Waals surface area contributed by atoms with E-state index in [2.05, 4.69) is 5.32 Å². The number of phenols is 2. The van der Waals surface area contributed by atoms with E-state index < -0.39 is 6.10 Å². The second-order valence-corrected chi connectivity index (χ2v) is 5.39. The van der Waals surface area contributed by atoms with Crippen molar-refractivity contribution >= 4 is 0 Å². The van der Waals surface area contributed by atoms with Gasteiger partial charge in [0.05, 0.1) is 7.11 Å². The maximum atomic E-state index is 9.89. The molecule has 6 nitrogen and oxygen atoms in total. The number of methoxy groups -OCH3 is 1. The van der Waals surface area contributed by atoms with E-state index >= 15 is 0 Å². The first-order valence-electron chi connectivity index (χ1n) is 7.75. The van der Waals surface area contributed by atoms with Crippen molar-refractivity contribution in [2.24, 2.45) is 0 Å². The van der Waals surface area contributed by atoms with Crippen molar-refractivity contribution in [1.82, 2.24) is 5.32 Å². The molecule has 24 heavy (non-hydrogen) atoms. The minimum Gasteiger partial charge on any atom is -0.504 e. The molecule has 0 unspecified atom stereocenters. The second-order valence-electron chi connectivity index (χ2n) is 5.39. The first-order valence-corrected chi connectivity index (χ1v) is 7.75. The van der Waals surface area contributed by atoms with Crippen LogP contribution in [0.15, 0.2) is 42.5 Å². The largest absolute Gasteiger partial charge is 0.504 e. The van der Waals surface area contributed by atoms with E-state index in [0.29, 0.717) is 6.54 Å². The molecule has 0 saturated heterocycles. The van der Waals surface area contributed by atoms with Crippen LogP contribution in [-0.4, -0.2) is 48.2 Å². The van der Waals surface area contributed by atoms with Crippen molar-refractivity contribution in [1.29, 1.82) is 0 Å². The molecule has 2 rings (SSSR count). The van der Waals surface area contributed by atoms with Crippen molar-refractivity contribution in [2.45, 2.75) is 12.5 Å². The van der Waals surface area contributed by atoms with Crippen molar-refractivity contribution in [2.75, 3.05) is 26.8 Å². The van der Waals surface area contributed by atoms with Gasteiger partial charge < -0.3 is 30.1 Å². The Kier molecular flexibility index (Phi) is 6.72. The van der Waals surface area contributed by atoms with Crippen LogP contribution in [0.2, 0.25) is 0 Å². The van der Waals surface area contributed by atoms with Gasteiger partial charge in [0.15, 0.2) is 11.5 Å². The number of nitrogens with one attached hydrogen (secondary N) is 1. The summed E-state index contributed by atoms with van der Waals surface area (Å²) in [5, 5.41) is 32.0. The maximum Gasteiger partial charge on any atom is 0.200 e. The molecule has 0 spiro atoms. The highest BCUT2D eigenvalue weighted by Gasteiger charge is 2.10. The lowest BCUT2D eigenvalue weighted by molar-refractivity contribution is 0.105. The van der Waals surface area contributed by atoms with Crippen molar-refractivity contribution < 1.29 is 24.8 Å². The molecule has 0 aliphatic heterocycles. The first kappa shape index (κ1) is 17.9. The minimum atomic E-state index is -0.720. The number of hydrogen-bond donors (Lipinski definition) is 4. The van der Waals surface area contributed by atoms with E-state index in [4.69, 9.17) is 9.47 Å². The lowest BCUT2D eigenvalue weighted by atomic mass is 10.1. The summed E-state index contributed by atoms with van der Waals surface area (Å²) >= 11 is 0. The Hall–Kier alpha value is -2.44. The zero-order chi connectivity index (χ0) is 17.4. The third-order valence-electron chi connectivity index (χ3n) is 3.54. The third kappa shape index (κ3) is 5.33. The van der Waals surface area contributed by atoms with Crippen LogP contribution in [0.25, 0.3) is 0 Å². The highest BCUT2D eigenvalue weighted by molar-refractivity contribution is 5.48. The van der Waals surface area contributed by atoms with E-state index in [0.717, 1.165) is 18.7 Å². The molecular formula is C18H23NO5. The molecule has 6 heteroatoms. The van der Waals surface area contributed by atoms with Gasteiger partial charge in [0.1, 0.15) is 18.5 Å². The lowest BCUT2D eigenvalue weighted by Crippen LogP contribution is -2.32. The summed E-state index contributed by atoms with van der Waals surface area (Å²) in [6.07, 6.45) is 0.118. The summed E-state index contributed by atoms with van der Waals surface area (Å²) in [6.45, 7) is 1.11. The average molecular weight is 333 g/mol. The van der Waals surface area contributed by atoms with Crippen LogP contribution in [0.5, 0.6) is 23.0 Å². The van der Waals surface area contributed by atoms with E-state index in [9.17, 15) is 15.3 Å². The fourth-order valence-electron chi connectivity index (χ4n) is 2.17. The van der Waals surface area contributed by atoms with E-state index in [1.807, 2.05) is 24.3 Å². The Bertz CT molecular complexity index is 630. The van der Waals surface area contributed by atoms with Gasteiger partial charge in [-0.25, -0.2) is 0 Å². The van der Waals surface area contributed by atoms with Crippen LogP contribution in [-0.2, 0) is 6.42 Å². The highest BCUT2D eigenvalue weighted by atomic mass is 16.5. The second kappa shape index (κ2) is 9.00. The number of hydrogen-bond acceptors (Lipinski definition) is 6. The highest BCUT2D eigenvalue weighted by Crippen LogP contribution is 2.34. The first-order chi connectivity index (χ1) is 11.6. The minimum absolute atomic E-state index is 0.0204. The molecule has 4 N–H and O–H groups in total. The molecule has 0 radical (unpaired) electrons. The van der Waals surface area contributed by atoms with Gasteiger partial charge >= 0.3 is 0 Å². The van der Waals surface area contributed by atoms with Gasteiger partial charge in [-0.3, -0.25) is 0 Å². The fraction of sp³-hybridized carbons (Fsp3) is 0.333. The van der Waals surface area contributed by atoms with Crippen molar-refractivity contribution in [3.63, 3.8) is 0 Å². The quantitative estimate of drug-likeness (QED) is 0.412. The Morgan fingerprint density at radius 2 is 1.83 bits per heavy atom. The molecule has 1 atom stereocenters. The van der Waals surface area contributed by atoms with E-state index in [-0.39, 0.29) is 23.9 Å². The molecule has 0 bridgehead atoms. The number of aromatic hydroxyl groups is 2. The van der Waals surface area contributed by atoms with Crippen LogP contribution < -0.4 is 14.8 Å². The standard InChI is InChI=1S/C18H23NO5/c1-23-15-7-5-13(6-8-15)9-10-19-11-14(20)12-24-17-4-2-3-16(21)18(17)22/h2-8,14,19-22H,9-12H2,1H3/t14-/m0/s1. The Morgan fingerprint density at radius 3 is 2.54 bits per heavy atom. The van der Waals surface area contributed by atoms with Crippen molar-refractivity contribution in [3.8, 4) is 23.0 Å². The summed E-state index contributed by atoms with van der Waals surface area (Å²) in [6, 6.07) is 12.3. The number of ether oxygens (including phenoxy) is 2. The molecule has 0 heterocycles. The number of aliphatic hydroxyl groups excluding tert-OH is 1. The average Bonchev–Trinajstić information content (AvgIpc) is 2.60. The van der Waals surface area contributed by atoms with E-state index in [1.54, 1.807) is 13.2 Å². The van der Waals surface area contributed by atoms with Gasteiger partial charge in [0, 0.05) is 6.54 Å². The number of rotatable bonds is 9. The van der Waals surface area contributed by atoms with Crippen LogP contribution in [0.4, 0.5) is 0 Å². The zero-order valence-corrected chi connectivity index (χ0v) is 13.6.